The minimum absolute atomic E-state index is 0.148. The van der Waals surface area contributed by atoms with E-state index in [4.69, 9.17) is 0 Å². The number of hydrogen-bond acceptors (Lipinski definition) is 2. The summed E-state index contributed by atoms with van der Waals surface area (Å²) in [5.74, 6) is 0.367. The molecule has 1 aliphatic rings. The summed E-state index contributed by atoms with van der Waals surface area (Å²) in [5.41, 5.74) is 0.826. The van der Waals surface area contributed by atoms with Gasteiger partial charge in [-0.05, 0) is 37.3 Å². The van der Waals surface area contributed by atoms with Crippen molar-refractivity contribution in [2.24, 2.45) is 5.92 Å². The predicted octanol–water partition coefficient (Wildman–Crippen LogP) is 2.80. The van der Waals surface area contributed by atoms with Crippen LogP contribution in [0.4, 0.5) is 0 Å². The van der Waals surface area contributed by atoms with Gasteiger partial charge in [0.2, 0.25) is 10.0 Å². The summed E-state index contributed by atoms with van der Waals surface area (Å²) in [6.07, 6.45) is 1.94. The molecule has 3 nitrogen and oxygen atoms in total. The molecule has 1 atom stereocenters. The summed E-state index contributed by atoms with van der Waals surface area (Å²) in [4.78, 5) is 0.456. The van der Waals surface area contributed by atoms with Crippen LogP contribution in [-0.4, -0.2) is 25.3 Å². The quantitative estimate of drug-likeness (QED) is 0.844. The predicted molar refractivity (Wildman–Crippen MR) is 72.9 cm³/mol. The molecule has 1 saturated heterocycles. The largest absolute Gasteiger partial charge is 0.243 e. The lowest BCUT2D eigenvalue weighted by molar-refractivity contribution is 0.315. The van der Waals surface area contributed by atoms with Crippen molar-refractivity contribution in [1.82, 2.24) is 4.31 Å². The van der Waals surface area contributed by atoms with Crippen LogP contribution in [0, 0.1) is 12.8 Å². The molecule has 0 spiro atoms. The second-order valence-corrected chi connectivity index (χ2v) is 7.19. The van der Waals surface area contributed by atoms with Gasteiger partial charge in [0, 0.05) is 12.6 Å². The van der Waals surface area contributed by atoms with E-state index in [0.29, 0.717) is 17.4 Å². The van der Waals surface area contributed by atoms with Crippen LogP contribution in [0.25, 0.3) is 0 Å². The molecule has 100 valence electrons. The third-order valence-corrected chi connectivity index (χ3v) is 5.78. The SMILES string of the molecule is Cc1ccccc1S(=O)(=O)N1CCCC1C(C)C. The van der Waals surface area contributed by atoms with Gasteiger partial charge in [-0.2, -0.15) is 4.31 Å². The third-order valence-electron chi connectivity index (χ3n) is 3.70. The van der Waals surface area contributed by atoms with Crippen molar-refractivity contribution in [1.29, 1.82) is 0 Å². The Balaban J connectivity index is 2.40. The van der Waals surface area contributed by atoms with Crippen molar-refractivity contribution < 1.29 is 8.42 Å². The Bertz CT molecular complexity index is 522. The third kappa shape index (κ3) is 2.31. The second kappa shape index (κ2) is 5.02. The molecular weight excluding hydrogens is 246 g/mol. The van der Waals surface area contributed by atoms with E-state index in [1.807, 2.05) is 19.1 Å². The van der Waals surface area contributed by atoms with Gasteiger partial charge < -0.3 is 0 Å². The van der Waals surface area contributed by atoms with Crippen molar-refractivity contribution in [3.05, 3.63) is 29.8 Å². The van der Waals surface area contributed by atoms with Gasteiger partial charge in [-0.25, -0.2) is 8.42 Å². The number of rotatable bonds is 3. The van der Waals surface area contributed by atoms with E-state index in [1.54, 1.807) is 16.4 Å². The molecule has 0 aromatic heterocycles. The van der Waals surface area contributed by atoms with Crippen LogP contribution in [0.1, 0.15) is 32.3 Å². The lowest BCUT2D eigenvalue weighted by Crippen LogP contribution is -2.38. The molecule has 1 aromatic rings. The summed E-state index contributed by atoms with van der Waals surface area (Å²) < 4.78 is 27.1. The molecule has 0 aliphatic carbocycles. The first-order chi connectivity index (χ1) is 8.44. The molecule has 0 N–H and O–H groups in total. The van der Waals surface area contributed by atoms with Gasteiger partial charge in [0.15, 0.2) is 0 Å². The molecule has 2 rings (SSSR count). The van der Waals surface area contributed by atoms with Crippen molar-refractivity contribution in [2.75, 3.05) is 6.54 Å². The van der Waals surface area contributed by atoms with Gasteiger partial charge in [0.1, 0.15) is 0 Å². The maximum atomic E-state index is 12.7. The molecule has 1 unspecified atom stereocenters. The zero-order valence-electron chi connectivity index (χ0n) is 11.3. The first-order valence-corrected chi connectivity index (χ1v) is 7.96. The number of nitrogens with zero attached hydrogens (tertiary/aromatic N) is 1. The van der Waals surface area contributed by atoms with Gasteiger partial charge in [-0.15, -0.1) is 0 Å². The zero-order chi connectivity index (χ0) is 13.3. The second-order valence-electron chi connectivity index (χ2n) is 5.33. The molecule has 1 aliphatic heterocycles. The molecule has 0 saturated carbocycles. The van der Waals surface area contributed by atoms with E-state index in [-0.39, 0.29) is 6.04 Å². The fourth-order valence-corrected chi connectivity index (χ4v) is 4.76. The van der Waals surface area contributed by atoms with E-state index in [2.05, 4.69) is 13.8 Å². The van der Waals surface area contributed by atoms with E-state index in [0.717, 1.165) is 18.4 Å². The van der Waals surface area contributed by atoms with Crippen LogP contribution in [0.3, 0.4) is 0 Å². The molecule has 0 bridgehead atoms. The molecule has 0 radical (unpaired) electrons. The Morgan fingerprint density at radius 3 is 2.56 bits per heavy atom. The summed E-state index contributed by atoms with van der Waals surface area (Å²) in [6, 6.07) is 7.38. The maximum absolute atomic E-state index is 12.7. The van der Waals surface area contributed by atoms with Crippen molar-refractivity contribution >= 4 is 10.0 Å². The van der Waals surface area contributed by atoms with Gasteiger partial charge in [-0.3, -0.25) is 0 Å². The maximum Gasteiger partial charge on any atom is 0.243 e. The highest BCUT2D eigenvalue weighted by atomic mass is 32.2. The molecule has 1 heterocycles. The average Bonchev–Trinajstić information content (AvgIpc) is 2.78. The summed E-state index contributed by atoms with van der Waals surface area (Å²) in [5, 5.41) is 0. The lowest BCUT2D eigenvalue weighted by Gasteiger charge is -2.27. The minimum Gasteiger partial charge on any atom is -0.207 e. The Labute approximate surface area is 110 Å². The van der Waals surface area contributed by atoms with Crippen molar-refractivity contribution in [3.63, 3.8) is 0 Å². The zero-order valence-corrected chi connectivity index (χ0v) is 12.1. The highest BCUT2D eigenvalue weighted by molar-refractivity contribution is 7.89. The van der Waals surface area contributed by atoms with E-state index in [1.165, 1.54) is 0 Å². The normalized spacial score (nSPS) is 21.7. The van der Waals surface area contributed by atoms with E-state index < -0.39 is 10.0 Å². The summed E-state index contributed by atoms with van der Waals surface area (Å²) >= 11 is 0. The van der Waals surface area contributed by atoms with Crippen LogP contribution < -0.4 is 0 Å². The number of aryl methyl sites for hydroxylation is 1. The highest BCUT2D eigenvalue weighted by Gasteiger charge is 2.37. The fourth-order valence-electron chi connectivity index (χ4n) is 2.70. The number of hydrogen-bond donors (Lipinski definition) is 0. The topological polar surface area (TPSA) is 37.4 Å². The van der Waals surface area contributed by atoms with Crippen LogP contribution in [0.2, 0.25) is 0 Å². The Morgan fingerprint density at radius 2 is 1.94 bits per heavy atom. The molecule has 18 heavy (non-hydrogen) atoms. The first-order valence-electron chi connectivity index (χ1n) is 6.52. The Kier molecular flexibility index (Phi) is 3.78. The van der Waals surface area contributed by atoms with E-state index >= 15 is 0 Å². The van der Waals surface area contributed by atoms with Gasteiger partial charge in [0.05, 0.1) is 4.90 Å². The van der Waals surface area contributed by atoms with Crippen molar-refractivity contribution in [2.45, 2.75) is 44.6 Å². The number of sulfonamides is 1. The first kappa shape index (κ1) is 13.6. The lowest BCUT2D eigenvalue weighted by atomic mass is 10.0. The van der Waals surface area contributed by atoms with Gasteiger partial charge >= 0.3 is 0 Å². The Morgan fingerprint density at radius 1 is 1.28 bits per heavy atom. The fraction of sp³-hybridized carbons (Fsp3) is 0.571. The summed E-state index contributed by atoms with van der Waals surface area (Å²) in [6.45, 7) is 6.69. The highest BCUT2D eigenvalue weighted by Crippen LogP contribution is 2.31. The van der Waals surface area contributed by atoms with Crippen LogP contribution in [0.15, 0.2) is 29.2 Å². The molecule has 1 aromatic carbocycles. The van der Waals surface area contributed by atoms with E-state index in [9.17, 15) is 8.42 Å². The summed E-state index contributed by atoms with van der Waals surface area (Å²) in [7, 11) is -3.33. The molecule has 4 heteroatoms. The van der Waals surface area contributed by atoms with Gasteiger partial charge in [-0.1, -0.05) is 32.0 Å². The minimum atomic E-state index is -3.33. The van der Waals surface area contributed by atoms with Crippen molar-refractivity contribution in [3.8, 4) is 0 Å². The average molecular weight is 267 g/mol. The number of benzene rings is 1. The van der Waals surface area contributed by atoms with Gasteiger partial charge in [0.25, 0.3) is 0 Å². The van der Waals surface area contributed by atoms with Crippen LogP contribution in [0.5, 0.6) is 0 Å². The van der Waals surface area contributed by atoms with Crippen LogP contribution in [-0.2, 0) is 10.0 Å². The Hall–Kier alpha value is -0.870. The monoisotopic (exact) mass is 267 g/mol. The molecule has 1 fully saturated rings. The van der Waals surface area contributed by atoms with Crippen LogP contribution >= 0.6 is 0 Å². The standard InChI is InChI=1S/C14H21NO2S/c1-11(2)13-8-6-10-15(13)18(16,17)14-9-5-4-7-12(14)3/h4-5,7,9,11,13H,6,8,10H2,1-3H3. The molecular formula is C14H21NO2S. The smallest absolute Gasteiger partial charge is 0.207 e. The molecule has 0 amide bonds.